The van der Waals surface area contributed by atoms with Crippen molar-refractivity contribution in [3.05, 3.63) is 23.8 Å². The Hall–Kier alpha value is -1.95. The molecule has 2 aliphatic heterocycles. The van der Waals surface area contributed by atoms with Gasteiger partial charge >= 0.3 is 0 Å². The summed E-state index contributed by atoms with van der Waals surface area (Å²) in [5.41, 5.74) is 1.24. The number of fused-ring (bicyclic) bond motifs is 1. The smallest absolute Gasteiger partial charge is 0.231 e. The minimum Gasteiger partial charge on any atom is -0.454 e. The number of nitrogens with zero attached hydrogens (tertiary/aromatic N) is 1. The van der Waals surface area contributed by atoms with Gasteiger partial charge in [-0.05, 0) is 44.4 Å². The number of guanidine groups is 1. The zero-order chi connectivity index (χ0) is 16.8. The minimum absolute atomic E-state index is 0.0185. The largest absolute Gasteiger partial charge is 0.454 e. The Morgan fingerprint density at radius 3 is 2.50 bits per heavy atom. The lowest BCUT2D eigenvalue weighted by Gasteiger charge is -2.36. The molecule has 0 amide bonds. The second kappa shape index (κ2) is 7.75. The minimum atomic E-state index is -0.0185. The number of ether oxygens (including phenoxy) is 3. The van der Waals surface area contributed by atoms with Crippen LogP contribution >= 0.6 is 0 Å². The predicted molar refractivity (Wildman–Crippen MR) is 94.0 cm³/mol. The number of rotatable bonds is 5. The highest BCUT2D eigenvalue weighted by molar-refractivity contribution is 5.79. The van der Waals surface area contributed by atoms with Crippen LogP contribution in [0.25, 0.3) is 0 Å². The summed E-state index contributed by atoms with van der Waals surface area (Å²) in [5, 5.41) is 6.59. The van der Waals surface area contributed by atoms with Crippen molar-refractivity contribution in [1.29, 1.82) is 0 Å². The number of benzene rings is 1. The Labute approximate surface area is 143 Å². The molecule has 2 N–H and O–H groups in total. The van der Waals surface area contributed by atoms with E-state index in [0.717, 1.165) is 63.1 Å². The topological polar surface area (TPSA) is 64.1 Å². The molecule has 0 spiro atoms. The molecule has 24 heavy (non-hydrogen) atoms. The highest BCUT2D eigenvalue weighted by Gasteiger charge is 2.35. The second-order valence-corrected chi connectivity index (χ2v) is 6.19. The molecule has 0 aliphatic carbocycles. The Morgan fingerprint density at radius 2 is 1.79 bits per heavy atom. The Morgan fingerprint density at radius 1 is 1.08 bits per heavy atom. The van der Waals surface area contributed by atoms with Crippen LogP contribution in [0.15, 0.2) is 23.2 Å². The maximum Gasteiger partial charge on any atom is 0.231 e. The zero-order valence-electron chi connectivity index (χ0n) is 14.6. The number of aliphatic imine (C=N–C) groups is 1. The van der Waals surface area contributed by atoms with Crippen LogP contribution in [-0.4, -0.2) is 45.6 Å². The monoisotopic (exact) mass is 333 g/mol. The van der Waals surface area contributed by atoms with Crippen molar-refractivity contribution in [2.45, 2.75) is 32.1 Å². The SMILES string of the molecule is CCNC(=NCC1(c2ccc3c(c2)OCO3)CCOCC1)NCC. The Balaban J connectivity index is 1.85. The van der Waals surface area contributed by atoms with Gasteiger partial charge in [0.25, 0.3) is 0 Å². The molecule has 0 saturated carbocycles. The van der Waals surface area contributed by atoms with Crippen molar-refractivity contribution in [2.75, 3.05) is 39.6 Å². The molecule has 1 aromatic rings. The molecule has 6 heteroatoms. The zero-order valence-corrected chi connectivity index (χ0v) is 14.6. The summed E-state index contributed by atoms with van der Waals surface area (Å²) in [6.45, 7) is 8.43. The average Bonchev–Trinajstić information content (AvgIpc) is 3.09. The van der Waals surface area contributed by atoms with Crippen molar-refractivity contribution >= 4 is 5.96 Å². The first-order chi connectivity index (χ1) is 11.8. The van der Waals surface area contributed by atoms with E-state index in [1.54, 1.807) is 0 Å². The summed E-state index contributed by atoms with van der Waals surface area (Å²) in [6.07, 6.45) is 1.92. The maximum atomic E-state index is 5.61. The van der Waals surface area contributed by atoms with E-state index in [-0.39, 0.29) is 5.41 Å². The van der Waals surface area contributed by atoms with Gasteiger partial charge in [-0.3, -0.25) is 4.99 Å². The predicted octanol–water partition coefficient (Wildman–Crippen LogP) is 2.04. The van der Waals surface area contributed by atoms with Crippen LogP contribution in [0.2, 0.25) is 0 Å². The van der Waals surface area contributed by atoms with E-state index in [1.807, 2.05) is 6.07 Å². The molecule has 1 aromatic carbocycles. The molecule has 2 heterocycles. The van der Waals surface area contributed by atoms with Gasteiger partial charge < -0.3 is 24.8 Å². The second-order valence-electron chi connectivity index (χ2n) is 6.19. The first-order valence-corrected chi connectivity index (χ1v) is 8.77. The van der Waals surface area contributed by atoms with Crippen LogP contribution in [0.4, 0.5) is 0 Å². The standard InChI is InChI=1S/C18H27N3O3/c1-3-19-17(20-4-2)21-12-18(7-9-22-10-8-18)14-5-6-15-16(11-14)24-13-23-15/h5-6,11H,3-4,7-10,12-13H2,1-2H3,(H2,19,20,21). The third kappa shape index (κ3) is 3.59. The molecule has 1 saturated heterocycles. The number of hydrogen-bond donors (Lipinski definition) is 2. The molecule has 6 nitrogen and oxygen atoms in total. The first kappa shape index (κ1) is 16.9. The fraction of sp³-hybridized carbons (Fsp3) is 0.611. The lowest BCUT2D eigenvalue weighted by Crippen LogP contribution is -2.41. The molecule has 2 aliphatic rings. The fourth-order valence-corrected chi connectivity index (χ4v) is 3.27. The third-order valence-corrected chi connectivity index (χ3v) is 4.66. The molecular weight excluding hydrogens is 306 g/mol. The van der Waals surface area contributed by atoms with Crippen molar-refractivity contribution in [3.8, 4) is 11.5 Å². The Bertz CT molecular complexity index is 575. The van der Waals surface area contributed by atoms with Crippen LogP contribution in [0.3, 0.4) is 0 Å². The summed E-state index contributed by atoms with van der Waals surface area (Å²) in [4.78, 5) is 4.84. The summed E-state index contributed by atoms with van der Waals surface area (Å²) >= 11 is 0. The van der Waals surface area contributed by atoms with Crippen LogP contribution in [0.1, 0.15) is 32.3 Å². The van der Waals surface area contributed by atoms with E-state index in [1.165, 1.54) is 5.56 Å². The van der Waals surface area contributed by atoms with Gasteiger partial charge in [-0.15, -0.1) is 0 Å². The summed E-state index contributed by atoms with van der Waals surface area (Å²) < 4.78 is 16.6. The van der Waals surface area contributed by atoms with Crippen molar-refractivity contribution in [2.24, 2.45) is 4.99 Å². The van der Waals surface area contributed by atoms with E-state index in [0.29, 0.717) is 6.79 Å². The molecule has 0 aromatic heterocycles. The van der Waals surface area contributed by atoms with Crippen molar-refractivity contribution in [3.63, 3.8) is 0 Å². The van der Waals surface area contributed by atoms with Crippen LogP contribution in [0.5, 0.6) is 11.5 Å². The van der Waals surface area contributed by atoms with Gasteiger partial charge in [0.2, 0.25) is 6.79 Å². The van der Waals surface area contributed by atoms with Crippen molar-refractivity contribution in [1.82, 2.24) is 10.6 Å². The van der Waals surface area contributed by atoms with Crippen LogP contribution in [-0.2, 0) is 10.2 Å². The van der Waals surface area contributed by atoms with Crippen LogP contribution < -0.4 is 20.1 Å². The highest BCUT2D eigenvalue weighted by Crippen LogP contribution is 2.41. The third-order valence-electron chi connectivity index (χ3n) is 4.66. The molecule has 1 fully saturated rings. The van der Waals surface area contributed by atoms with E-state index in [2.05, 4.69) is 36.6 Å². The van der Waals surface area contributed by atoms with Gasteiger partial charge in [0.15, 0.2) is 17.5 Å². The Kier molecular flexibility index (Phi) is 5.45. The van der Waals surface area contributed by atoms with Gasteiger partial charge in [-0.2, -0.15) is 0 Å². The van der Waals surface area contributed by atoms with E-state index < -0.39 is 0 Å². The van der Waals surface area contributed by atoms with Gasteiger partial charge in [-0.1, -0.05) is 6.07 Å². The lowest BCUT2D eigenvalue weighted by atomic mass is 9.74. The molecule has 0 unspecified atom stereocenters. The molecule has 132 valence electrons. The number of nitrogens with one attached hydrogen (secondary N) is 2. The lowest BCUT2D eigenvalue weighted by molar-refractivity contribution is 0.0530. The van der Waals surface area contributed by atoms with Gasteiger partial charge in [0.1, 0.15) is 0 Å². The normalized spacial score (nSPS) is 18.1. The summed E-state index contributed by atoms with van der Waals surface area (Å²) in [6, 6.07) is 6.27. The van der Waals surface area contributed by atoms with Gasteiger partial charge in [-0.25, -0.2) is 0 Å². The van der Waals surface area contributed by atoms with Gasteiger partial charge in [0.05, 0.1) is 6.54 Å². The summed E-state index contributed by atoms with van der Waals surface area (Å²) in [5.74, 6) is 2.53. The molecule has 0 bridgehead atoms. The highest BCUT2D eigenvalue weighted by atomic mass is 16.7. The molecule has 3 rings (SSSR count). The van der Waals surface area contributed by atoms with E-state index >= 15 is 0 Å². The molecule has 0 atom stereocenters. The maximum absolute atomic E-state index is 5.61. The summed E-state index contributed by atoms with van der Waals surface area (Å²) in [7, 11) is 0. The van der Waals surface area contributed by atoms with Crippen LogP contribution in [0, 0.1) is 0 Å². The van der Waals surface area contributed by atoms with Crippen molar-refractivity contribution < 1.29 is 14.2 Å². The van der Waals surface area contributed by atoms with E-state index in [9.17, 15) is 0 Å². The van der Waals surface area contributed by atoms with Gasteiger partial charge in [0, 0.05) is 31.7 Å². The quantitative estimate of drug-likeness (QED) is 0.638. The number of hydrogen-bond acceptors (Lipinski definition) is 4. The molecule has 0 radical (unpaired) electrons. The van der Waals surface area contributed by atoms with E-state index in [4.69, 9.17) is 19.2 Å². The fourth-order valence-electron chi connectivity index (χ4n) is 3.27. The average molecular weight is 333 g/mol. The first-order valence-electron chi connectivity index (χ1n) is 8.77. The molecular formula is C18H27N3O3.